The van der Waals surface area contributed by atoms with Gasteiger partial charge in [0.2, 0.25) is 0 Å². The molecule has 5 heteroatoms. The van der Waals surface area contributed by atoms with Gasteiger partial charge in [-0.1, -0.05) is 23.2 Å². The molecule has 60 valence electrons. The van der Waals surface area contributed by atoms with Gasteiger partial charge >= 0.3 is 0 Å². The van der Waals surface area contributed by atoms with Crippen LogP contribution in [0.2, 0.25) is 10.3 Å². The largest absolute Gasteiger partial charge is 0.383 e. The molecule has 0 saturated carbocycles. The highest BCUT2D eigenvalue weighted by molar-refractivity contribution is 6.37. The van der Waals surface area contributed by atoms with Gasteiger partial charge < -0.3 is 5.32 Å². The van der Waals surface area contributed by atoms with Crippen molar-refractivity contribution in [3.05, 3.63) is 16.1 Å². The maximum absolute atomic E-state index is 5.74. The Morgan fingerprint density at radius 1 is 1.18 bits per heavy atom. The normalized spacial score (nSPS) is 9.82. The number of nitrogens with zero attached hydrogens (tertiary/aromatic N) is 2. The lowest BCUT2D eigenvalue weighted by atomic mass is 10.5. The Balaban J connectivity index is 3.25. The van der Waals surface area contributed by atoms with Crippen LogP contribution in [0.25, 0.3) is 0 Å². The smallest absolute Gasteiger partial charge is 0.157 e. The van der Waals surface area contributed by atoms with Crippen molar-refractivity contribution in [1.29, 1.82) is 0 Å². The predicted octanol–water partition coefficient (Wildman–Crippen LogP) is 2.13. The van der Waals surface area contributed by atoms with E-state index in [1.165, 1.54) is 0 Å². The summed E-state index contributed by atoms with van der Waals surface area (Å²) in [6, 6.07) is 0. The molecule has 0 bridgehead atoms. The molecule has 0 fully saturated rings. The molecule has 1 rings (SSSR count). The molecule has 0 spiro atoms. The van der Waals surface area contributed by atoms with Crippen molar-refractivity contribution >= 4 is 28.9 Å². The molecule has 1 aromatic rings. The zero-order valence-electron chi connectivity index (χ0n) is 6.15. The Bertz CT molecular complexity index is 252. The third kappa shape index (κ3) is 1.73. The SMILES string of the molecule is CNc1c(Cl)nc(C)nc1Cl. The van der Waals surface area contributed by atoms with Gasteiger partial charge in [-0.25, -0.2) is 9.97 Å². The van der Waals surface area contributed by atoms with E-state index in [-0.39, 0.29) is 0 Å². The van der Waals surface area contributed by atoms with Crippen LogP contribution in [0.1, 0.15) is 5.82 Å². The topological polar surface area (TPSA) is 37.8 Å². The minimum atomic E-state index is 0.352. The van der Waals surface area contributed by atoms with Gasteiger partial charge in [-0.15, -0.1) is 0 Å². The van der Waals surface area contributed by atoms with E-state index in [1.807, 2.05) is 0 Å². The third-order valence-electron chi connectivity index (χ3n) is 1.18. The molecule has 0 aliphatic heterocycles. The number of hydrogen-bond donors (Lipinski definition) is 1. The Hall–Kier alpha value is -0.540. The Kier molecular flexibility index (Phi) is 2.52. The molecule has 0 saturated heterocycles. The van der Waals surface area contributed by atoms with Crippen LogP contribution in [0.3, 0.4) is 0 Å². The van der Waals surface area contributed by atoms with E-state index in [9.17, 15) is 0 Å². The molecule has 1 N–H and O–H groups in total. The molecule has 0 aromatic carbocycles. The second-order valence-corrected chi connectivity index (χ2v) is 2.69. The molecule has 0 aliphatic carbocycles. The molecule has 0 atom stereocenters. The van der Waals surface area contributed by atoms with Crippen LogP contribution >= 0.6 is 23.2 Å². The maximum Gasteiger partial charge on any atom is 0.157 e. The minimum absolute atomic E-state index is 0.352. The molecule has 0 amide bonds. The molecular weight excluding hydrogens is 185 g/mol. The molecule has 1 aromatic heterocycles. The van der Waals surface area contributed by atoms with Crippen LogP contribution in [0.4, 0.5) is 5.69 Å². The second-order valence-electron chi connectivity index (χ2n) is 1.98. The summed E-state index contributed by atoms with van der Waals surface area (Å²) in [6.45, 7) is 1.73. The van der Waals surface area contributed by atoms with Crippen molar-refractivity contribution in [3.63, 3.8) is 0 Å². The number of aromatic nitrogens is 2. The average molecular weight is 192 g/mol. The van der Waals surface area contributed by atoms with Crippen LogP contribution in [-0.4, -0.2) is 17.0 Å². The quantitative estimate of drug-likeness (QED) is 0.692. The standard InChI is InChI=1S/C6H7Cl2N3/c1-3-10-5(7)4(9-2)6(8)11-3/h9H,1-2H3. The van der Waals surface area contributed by atoms with Crippen molar-refractivity contribution < 1.29 is 0 Å². The summed E-state index contributed by atoms with van der Waals surface area (Å²) in [4.78, 5) is 7.83. The number of rotatable bonds is 1. The summed E-state index contributed by atoms with van der Waals surface area (Å²) in [7, 11) is 1.71. The first-order valence-corrected chi connectivity index (χ1v) is 3.78. The highest BCUT2D eigenvalue weighted by Gasteiger charge is 2.06. The van der Waals surface area contributed by atoms with E-state index in [2.05, 4.69) is 15.3 Å². The summed E-state index contributed by atoms with van der Waals surface area (Å²) in [5.74, 6) is 0.569. The van der Waals surface area contributed by atoms with Crippen molar-refractivity contribution in [2.24, 2.45) is 0 Å². The molecule has 0 aliphatic rings. The van der Waals surface area contributed by atoms with Crippen molar-refractivity contribution in [3.8, 4) is 0 Å². The maximum atomic E-state index is 5.74. The van der Waals surface area contributed by atoms with Gasteiger partial charge in [0.15, 0.2) is 10.3 Å². The second kappa shape index (κ2) is 3.24. The van der Waals surface area contributed by atoms with Crippen LogP contribution < -0.4 is 5.32 Å². The Morgan fingerprint density at radius 2 is 1.64 bits per heavy atom. The lowest BCUT2D eigenvalue weighted by Gasteiger charge is -2.04. The van der Waals surface area contributed by atoms with E-state index in [0.29, 0.717) is 21.8 Å². The Labute approximate surface area is 74.8 Å². The van der Waals surface area contributed by atoms with E-state index >= 15 is 0 Å². The number of anilines is 1. The highest BCUT2D eigenvalue weighted by atomic mass is 35.5. The zero-order valence-corrected chi connectivity index (χ0v) is 7.66. The van der Waals surface area contributed by atoms with E-state index < -0.39 is 0 Å². The minimum Gasteiger partial charge on any atom is -0.383 e. The lowest BCUT2D eigenvalue weighted by Crippen LogP contribution is -1.97. The average Bonchev–Trinajstić information content (AvgIpc) is 1.85. The van der Waals surface area contributed by atoms with Crippen molar-refractivity contribution in [1.82, 2.24) is 9.97 Å². The van der Waals surface area contributed by atoms with Gasteiger partial charge in [-0.3, -0.25) is 0 Å². The third-order valence-corrected chi connectivity index (χ3v) is 1.73. The van der Waals surface area contributed by atoms with E-state index in [1.54, 1.807) is 14.0 Å². The fourth-order valence-electron chi connectivity index (χ4n) is 0.712. The summed E-state index contributed by atoms with van der Waals surface area (Å²) in [5, 5.41) is 3.51. The van der Waals surface area contributed by atoms with Gasteiger partial charge in [0.25, 0.3) is 0 Å². The molecule has 0 radical (unpaired) electrons. The Morgan fingerprint density at radius 3 is 2.00 bits per heavy atom. The first-order valence-electron chi connectivity index (χ1n) is 3.02. The number of hydrogen-bond acceptors (Lipinski definition) is 3. The molecule has 3 nitrogen and oxygen atoms in total. The number of nitrogens with one attached hydrogen (secondary N) is 1. The summed E-state index contributed by atoms with van der Waals surface area (Å²) in [5.41, 5.74) is 0.568. The van der Waals surface area contributed by atoms with Gasteiger partial charge in [-0.2, -0.15) is 0 Å². The first kappa shape index (κ1) is 8.56. The molecule has 0 unspecified atom stereocenters. The summed E-state index contributed by atoms with van der Waals surface area (Å²) < 4.78 is 0. The van der Waals surface area contributed by atoms with Gasteiger partial charge in [-0.05, 0) is 6.92 Å². The number of aryl methyl sites for hydroxylation is 1. The lowest BCUT2D eigenvalue weighted by molar-refractivity contribution is 1.05. The van der Waals surface area contributed by atoms with Crippen LogP contribution in [0, 0.1) is 6.92 Å². The fraction of sp³-hybridized carbons (Fsp3) is 0.333. The number of halogens is 2. The van der Waals surface area contributed by atoms with Crippen LogP contribution in [-0.2, 0) is 0 Å². The predicted molar refractivity (Wildman–Crippen MR) is 46.3 cm³/mol. The fourth-order valence-corrected chi connectivity index (χ4v) is 1.37. The van der Waals surface area contributed by atoms with Crippen molar-refractivity contribution in [2.75, 3.05) is 12.4 Å². The zero-order chi connectivity index (χ0) is 8.43. The van der Waals surface area contributed by atoms with E-state index in [4.69, 9.17) is 23.2 Å². The molecule has 11 heavy (non-hydrogen) atoms. The highest BCUT2D eigenvalue weighted by Crippen LogP contribution is 2.25. The summed E-state index contributed by atoms with van der Waals surface area (Å²) in [6.07, 6.45) is 0. The molecular formula is C6H7Cl2N3. The van der Waals surface area contributed by atoms with Crippen LogP contribution in [0.5, 0.6) is 0 Å². The van der Waals surface area contributed by atoms with E-state index in [0.717, 1.165) is 0 Å². The summed E-state index contributed by atoms with van der Waals surface area (Å²) >= 11 is 11.5. The molecule has 1 heterocycles. The van der Waals surface area contributed by atoms with Gasteiger partial charge in [0, 0.05) is 7.05 Å². The van der Waals surface area contributed by atoms with Crippen LogP contribution in [0.15, 0.2) is 0 Å². The van der Waals surface area contributed by atoms with Gasteiger partial charge in [0.1, 0.15) is 11.5 Å². The van der Waals surface area contributed by atoms with Gasteiger partial charge in [0.05, 0.1) is 0 Å². The van der Waals surface area contributed by atoms with Crippen molar-refractivity contribution in [2.45, 2.75) is 6.92 Å². The first-order chi connectivity index (χ1) is 5.15. The monoisotopic (exact) mass is 191 g/mol.